The second kappa shape index (κ2) is 6.22. The van der Waals surface area contributed by atoms with E-state index in [1.54, 1.807) is 31.7 Å². The first-order chi connectivity index (χ1) is 10.3. The number of ether oxygens (including phenoxy) is 1. The number of carbonyl (C=O) groups excluding carboxylic acids is 2. The molecule has 2 amide bonds. The van der Waals surface area contributed by atoms with Gasteiger partial charge in [-0.3, -0.25) is 4.79 Å². The standard InChI is InChI=1S/C17H22N2O3/c1-5-10-19-14-9-7-6-8-12(14)11-13(15(19)20)18-16(21)22-17(2,3)4/h5-9,13H,1,10-11H2,2-4H3,(H,18,21). The minimum absolute atomic E-state index is 0.149. The van der Waals surface area contributed by atoms with E-state index in [9.17, 15) is 9.59 Å². The van der Waals surface area contributed by atoms with Crippen molar-refractivity contribution < 1.29 is 14.3 Å². The Morgan fingerprint density at radius 3 is 2.77 bits per heavy atom. The fourth-order valence-corrected chi connectivity index (χ4v) is 2.44. The van der Waals surface area contributed by atoms with E-state index in [4.69, 9.17) is 4.74 Å². The van der Waals surface area contributed by atoms with Gasteiger partial charge in [0.05, 0.1) is 0 Å². The first kappa shape index (κ1) is 16.1. The molecule has 0 radical (unpaired) electrons. The Morgan fingerprint density at radius 2 is 2.14 bits per heavy atom. The number of para-hydroxylation sites is 1. The smallest absolute Gasteiger partial charge is 0.408 e. The monoisotopic (exact) mass is 302 g/mol. The van der Waals surface area contributed by atoms with Crippen LogP contribution in [0.25, 0.3) is 0 Å². The Labute approximate surface area is 130 Å². The first-order valence-corrected chi connectivity index (χ1v) is 7.31. The van der Waals surface area contributed by atoms with Crippen molar-refractivity contribution in [3.05, 3.63) is 42.5 Å². The van der Waals surface area contributed by atoms with Crippen molar-refractivity contribution in [2.45, 2.75) is 38.8 Å². The number of fused-ring (bicyclic) bond motifs is 1. The van der Waals surface area contributed by atoms with Crippen LogP contribution < -0.4 is 10.2 Å². The molecular weight excluding hydrogens is 280 g/mol. The lowest BCUT2D eigenvalue weighted by Gasteiger charge is -2.34. The van der Waals surface area contributed by atoms with E-state index >= 15 is 0 Å². The Kier molecular flexibility index (Phi) is 4.54. The van der Waals surface area contributed by atoms with Crippen LogP contribution in [0.1, 0.15) is 26.3 Å². The molecule has 0 fully saturated rings. The maximum Gasteiger partial charge on any atom is 0.408 e. The van der Waals surface area contributed by atoms with Crippen molar-refractivity contribution in [1.82, 2.24) is 5.32 Å². The summed E-state index contributed by atoms with van der Waals surface area (Å²) in [6.07, 6.45) is 1.55. The zero-order chi connectivity index (χ0) is 16.3. The SMILES string of the molecule is C=CCN1C(=O)C(NC(=O)OC(C)(C)C)Cc2ccccc21. The zero-order valence-corrected chi connectivity index (χ0v) is 13.3. The highest BCUT2D eigenvalue weighted by atomic mass is 16.6. The molecule has 5 heteroatoms. The quantitative estimate of drug-likeness (QED) is 0.873. The Bertz CT molecular complexity index is 590. The summed E-state index contributed by atoms with van der Waals surface area (Å²) >= 11 is 0. The molecule has 1 unspecified atom stereocenters. The average molecular weight is 302 g/mol. The summed E-state index contributed by atoms with van der Waals surface area (Å²) in [5.74, 6) is -0.149. The van der Waals surface area contributed by atoms with Gasteiger partial charge in [-0.1, -0.05) is 24.3 Å². The lowest BCUT2D eigenvalue weighted by Crippen LogP contribution is -2.53. The molecule has 1 heterocycles. The molecule has 1 aromatic carbocycles. The molecule has 2 rings (SSSR count). The maximum atomic E-state index is 12.6. The van der Waals surface area contributed by atoms with Crippen molar-refractivity contribution in [3.63, 3.8) is 0 Å². The van der Waals surface area contributed by atoms with Crippen LogP contribution in [0.2, 0.25) is 0 Å². The van der Waals surface area contributed by atoms with Crippen molar-refractivity contribution in [2.24, 2.45) is 0 Å². The van der Waals surface area contributed by atoms with Gasteiger partial charge in [0.1, 0.15) is 11.6 Å². The number of rotatable bonds is 3. The van der Waals surface area contributed by atoms with Crippen LogP contribution in [0, 0.1) is 0 Å². The molecule has 1 aromatic rings. The van der Waals surface area contributed by atoms with Gasteiger partial charge in [0.25, 0.3) is 0 Å². The van der Waals surface area contributed by atoms with Crippen molar-refractivity contribution in [3.8, 4) is 0 Å². The van der Waals surface area contributed by atoms with Gasteiger partial charge in [0, 0.05) is 18.7 Å². The predicted molar refractivity (Wildman–Crippen MR) is 85.9 cm³/mol. The van der Waals surface area contributed by atoms with Crippen LogP contribution in [0.3, 0.4) is 0 Å². The molecule has 1 N–H and O–H groups in total. The predicted octanol–water partition coefficient (Wildman–Crippen LogP) is 2.66. The van der Waals surface area contributed by atoms with Gasteiger partial charge in [0.2, 0.25) is 5.91 Å². The lowest BCUT2D eigenvalue weighted by molar-refractivity contribution is -0.120. The van der Waals surface area contributed by atoms with E-state index in [-0.39, 0.29) is 5.91 Å². The van der Waals surface area contributed by atoms with Crippen LogP contribution in [0.15, 0.2) is 36.9 Å². The largest absolute Gasteiger partial charge is 0.444 e. The first-order valence-electron chi connectivity index (χ1n) is 7.31. The highest BCUT2D eigenvalue weighted by Crippen LogP contribution is 2.27. The molecule has 5 nitrogen and oxygen atoms in total. The number of hydrogen-bond acceptors (Lipinski definition) is 3. The molecule has 0 aliphatic carbocycles. The minimum atomic E-state index is -0.621. The topological polar surface area (TPSA) is 58.6 Å². The van der Waals surface area contributed by atoms with Crippen LogP contribution >= 0.6 is 0 Å². The Morgan fingerprint density at radius 1 is 1.45 bits per heavy atom. The number of nitrogens with zero attached hydrogens (tertiary/aromatic N) is 1. The van der Waals surface area contributed by atoms with Crippen molar-refractivity contribution in [1.29, 1.82) is 0 Å². The molecular formula is C17H22N2O3. The van der Waals surface area contributed by atoms with Crippen LogP contribution in [-0.4, -0.2) is 30.2 Å². The van der Waals surface area contributed by atoms with E-state index < -0.39 is 17.7 Å². The van der Waals surface area contributed by atoms with Gasteiger partial charge in [-0.05, 0) is 32.4 Å². The van der Waals surface area contributed by atoms with Gasteiger partial charge in [-0.25, -0.2) is 4.79 Å². The van der Waals surface area contributed by atoms with Crippen molar-refractivity contribution >= 4 is 17.7 Å². The summed E-state index contributed by atoms with van der Waals surface area (Å²) < 4.78 is 5.23. The summed E-state index contributed by atoms with van der Waals surface area (Å²) in [4.78, 5) is 26.1. The number of amides is 2. The van der Waals surface area contributed by atoms with Gasteiger partial charge >= 0.3 is 6.09 Å². The minimum Gasteiger partial charge on any atom is -0.444 e. The summed E-state index contributed by atoms with van der Waals surface area (Å²) in [5, 5.41) is 2.67. The second-order valence-corrected chi connectivity index (χ2v) is 6.27. The number of nitrogens with one attached hydrogen (secondary N) is 1. The maximum absolute atomic E-state index is 12.6. The normalized spacial score (nSPS) is 17.7. The molecule has 0 saturated heterocycles. The summed E-state index contributed by atoms with van der Waals surface area (Å²) in [6.45, 7) is 9.45. The lowest BCUT2D eigenvalue weighted by atomic mass is 9.97. The van der Waals surface area contributed by atoms with Gasteiger partial charge in [-0.15, -0.1) is 6.58 Å². The third-order valence-corrected chi connectivity index (χ3v) is 3.27. The van der Waals surface area contributed by atoms with E-state index in [1.807, 2.05) is 24.3 Å². The number of carbonyl (C=O) groups is 2. The number of alkyl carbamates (subject to hydrolysis) is 1. The second-order valence-electron chi connectivity index (χ2n) is 6.27. The molecule has 1 atom stereocenters. The zero-order valence-electron chi connectivity index (χ0n) is 13.3. The van der Waals surface area contributed by atoms with Gasteiger partial charge in [-0.2, -0.15) is 0 Å². The van der Waals surface area contributed by atoms with E-state index in [1.165, 1.54) is 0 Å². The Balaban J connectivity index is 2.19. The van der Waals surface area contributed by atoms with Crippen LogP contribution in [0.4, 0.5) is 10.5 Å². The van der Waals surface area contributed by atoms with E-state index in [2.05, 4.69) is 11.9 Å². The molecule has 0 bridgehead atoms. The fourth-order valence-electron chi connectivity index (χ4n) is 2.44. The number of benzene rings is 1. The molecule has 0 spiro atoms. The van der Waals surface area contributed by atoms with Gasteiger partial charge in [0.15, 0.2) is 0 Å². The average Bonchev–Trinajstić information content (AvgIpc) is 2.41. The molecule has 0 saturated carbocycles. The van der Waals surface area contributed by atoms with E-state index in [0.717, 1.165) is 11.3 Å². The highest BCUT2D eigenvalue weighted by molar-refractivity contribution is 6.01. The molecule has 22 heavy (non-hydrogen) atoms. The highest BCUT2D eigenvalue weighted by Gasteiger charge is 2.33. The third kappa shape index (κ3) is 3.67. The summed E-state index contributed by atoms with van der Waals surface area (Å²) in [5.41, 5.74) is 1.29. The van der Waals surface area contributed by atoms with E-state index in [0.29, 0.717) is 13.0 Å². The van der Waals surface area contributed by atoms with Gasteiger partial charge < -0.3 is 15.0 Å². The molecule has 0 aromatic heterocycles. The summed E-state index contributed by atoms with van der Waals surface area (Å²) in [6, 6.07) is 7.06. The third-order valence-electron chi connectivity index (χ3n) is 3.27. The molecule has 1 aliphatic rings. The number of hydrogen-bond donors (Lipinski definition) is 1. The Hall–Kier alpha value is -2.30. The summed E-state index contributed by atoms with van der Waals surface area (Å²) in [7, 11) is 0. The van der Waals surface area contributed by atoms with Crippen LogP contribution in [-0.2, 0) is 16.0 Å². The molecule has 1 aliphatic heterocycles. The molecule has 118 valence electrons. The number of anilines is 1. The fraction of sp³-hybridized carbons (Fsp3) is 0.412. The van der Waals surface area contributed by atoms with Crippen LogP contribution in [0.5, 0.6) is 0 Å². The van der Waals surface area contributed by atoms with Crippen molar-refractivity contribution in [2.75, 3.05) is 11.4 Å².